The Morgan fingerprint density at radius 1 is 1.08 bits per heavy atom. The van der Waals surface area contributed by atoms with Gasteiger partial charge in [0.25, 0.3) is 11.6 Å². The summed E-state index contributed by atoms with van der Waals surface area (Å²) >= 11 is 0. The molecule has 0 aliphatic carbocycles. The number of hydrogen-bond donors (Lipinski definition) is 1. The van der Waals surface area contributed by atoms with E-state index in [-0.39, 0.29) is 18.2 Å². The highest BCUT2D eigenvalue weighted by Gasteiger charge is 2.12. The first-order chi connectivity index (χ1) is 12.0. The van der Waals surface area contributed by atoms with Crippen LogP contribution in [-0.4, -0.2) is 17.4 Å². The van der Waals surface area contributed by atoms with E-state index in [4.69, 9.17) is 4.74 Å². The highest BCUT2D eigenvalue weighted by molar-refractivity contribution is 5.92. The molecule has 1 amide bonds. The molecular weight excluding hydrogens is 320 g/mol. The van der Waals surface area contributed by atoms with Gasteiger partial charge in [0.1, 0.15) is 5.75 Å². The fraction of sp³-hybridized carbons (Fsp3) is 0.105. The normalized spacial score (nSPS) is 10.4. The predicted molar refractivity (Wildman–Crippen MR) is 95.9 cm³/mol. The monoisotopic (exact) mass is 336 g/mol. The van der Waals surface area contributed by atoms with Crippen LogP contribution in [0, 0.1) is 17.0 Å². The zero-order valence-electron chi connectivity index (χ0n) is 13.6. The Morgan fingerprint density at radius 3 is 2.60 bits per heavy atom. The molecule has 6 nitrogen and oxygen atoms in total. The van der Waals surface area contributed by atoms with E-state index in [1.165, 1.54) is 6.07 Å². The fourth-order valence-electron chi connectivity index (χ4n) is 2.49. The largest absolute Gasteiger partial charge is 0.484 e. The lowest BCUT2D eigenvalue weighted by molar-refractivity contribution is -0.385. The lowest BCUT2D eigenvalue weighted by Crippen LogP contribution is -2.20. The number of nitrogens with zero attached hydrogens (tertiary/aromatic N) is 1. The summed E-state index contributed by atoms with van der Waals surface area (Å²) in [5, 5.41) is 15.7. The van der Waals surface area contributed by atoms with E-state index in [0.717, 1.165) is 10.8 Å². The second-order valence-electron chi connectivity index (χ2n) is 5.60. The van der Waals surface area contributed by atoms with Gasteiger partial charge in [-0.2, -0.15) is 0 Å². The van der Waals surface area contributed by atoms with Gasteiger partial charge >= 0.3 is 0 Å². The van der Waals surface area contributed by atoms with Gasteiger partial charge in [0, 0.05) is 17.3 Å². The quantitative estimate of drug-likeness (QED) is 0.562. The zero-order valence-corrected chi connectivity index (χ0v) is 13.6. The first-order valence-electron chi connectivity index (χ1n) is 7.69. The van der Waals surface area contributed by atoms with Crippen molar-refractivity contribution in [2.45, 2.75) is 6.92 Å². The third-order valence-corrected chi connectivity index (χ3v) is 3.78. The molecule has 0 radical (unpaired) electrons. The summed E-state index contributed by atoms with van der Waals surface area (Å²) in [5.41, 5.74) is 0.869. The number of nitro benzene ring substituents is 1. The number of aryl methyl sites for hydroxylation is 1. The SMILES string of the molecule is Cc1ccc(NC(=O)COc2ccc3ccccc3c2)cc1[N+](=O)[O-]. The second-order valence-corrected chi connectivity index (χ2v) is 5.60. The summed E-state index contributed by atoms with van der Waals surface area (Å²) in [7, 11) is 0. The molecule has 3 aromatic rings. The Hall–Kier alpha value is -3.41. The van der Waals surface area contributed by atoms with Crippen molar-refractivity contribution in [3.05, 3.63) is 76.3 Å². The minimum Gasteiger partial charge on any atom is -0.484 e. The van der Waals surface area contributed by atoms with Crippen LogP contribution < -0.4 is 10.1 Å². The highest BCUT2D eigenvalue weighted by atomic mass is 16.6. The summed E-state index contributed by atoms with van der Waals surface area (Å²) in [6.45, 7) is 1.46. The summed E-state index contributed by atoms with van der Waals surface area (Å²) in [6.07, 6.45) is 0. The van der Waals surface area contributed by atoms with Gasteiger partial charge in [-0.15, -0.1) is 0 Å². The van der Waals surface area contributed by atoms with Crippen LogP contribution in [0.5, 0.6) is 5.75 Å². The molecule has 126 valence electrons. The second kappa shape index (κ2) is 7.00. The standard InChI is InChI=1S/C19H16N2O4/c1-13-6-8-16(11-18(13)21(23)24)20-19(22)12-25-17-9-7-14-4-2-3-5-15(14)10-17/h2-11H,12H2,1H3,(H,20,22). The number of rotatable bonds is 5. The van der Waals surface area contributed by atoms with E-state index < -0.39 is 4.92 Å². The molecule has 6 heteroatoms. The first kappa shape index (κ1) is 16.4. The Balaban J connectivity index is 1.64. The van der Waals surface area contributed by atoms with E-state index in [1.807, 2.05) is 36.4 Å². The number of fused-ring (bicyclic) bond motifs is 1. The molecule has 25 heavy (non-hydrogen) atoms. The molecule has 0 aromatic heterocycles. The maximum atomic E-state index is 12.0. The van der Waals surface area contributed by atoms with Crippen molar-refractivity contribution >= 4 is 28.1 Å². The topological polar surface area (TPSA) is 81.5 Å². The van der Waals surface area contributed by atoms with Crippen LogP contribution in [-0.2, 0) is 4.79 Å². The Bertz CT molecular complexity index is 953. The van der Waals surface area contributed by atoms with Crippen molar-refractivity contribution < 1.29 is 14.5 Å². The molecule has 0 saturated heterocycles. The van der Waals surface area contributed by atoms with Gasteiger partial charge in [0.05, 0.1) is 4.92 Å². The maximum absolute atomic E-state index is 12.0. The fourth-order valence-corrected chi connectivity index (χ4v) is 2.49. The minimum absolute atomic E-state index is 0.0340. The van der Waals surface area contributed by atoms with Gasteiger partial charge in [-0.1, -0.05) is 36.4 Å². The van der Waals surface area contributed by atoms with E-state index in [9.17, 15) is 14.9 Å². The number of anilines is 1. The van der Waals surface area contributed by atoms with Crippen LogP contribution in [0.3, 0.4) is 0 Å². The Morgan fingerprint density at radius 2 is 1.84 bits per heavy atom. The average molecular weight is 336 g/mol. The highest BCUT2D eigenvalue weighted by Crippen LogP contribution is 2.23. The minimum atomic E-state index is -0.476. The van der Waals surface area contributed by atoms with Crippen LogP contribution in [0.4, 0.5) is 11.4 Å². The number of hydrogen-bond acceptors (Lipinski definition) is 4. The molecule has 3 rings (SSSR count). The molecular formula is C19H16N2O4. The zero-order chi connectivity index (χ0) is 17.8. The van der Waals surface area contributed by atoms with Crippen LogP contribution in [0.25, 0.3) is 10.8 Å². The number of carbonyl (C=O) groups excluding carboxylic acids is 1. The first-order valence-corrected chi connectivity index (χ1v) is 7.69. The number of benzene rings is 3. The van der Waals surface area contributed by atoms with E-state index in [1.54, 1.807) is 25.1 Å². The number of amides is 1. The molecule has 0 fully saturated rings. The van der Waals surface area contributed by atoms with Crippen LogP contribution in [0.15, 0.2) is 60.7 Å². The lowest BCUT2D eigenvalue weighted by Gasteiger charge is -2.09. The number of nitro groups is 1. The van der Waals surface area contributed by atoms with E-state index in [0.29, 0.717) is 17.0 Å². The Kier molecular flexibility index (Phi) is 4.61. The van der Waals surface area contributed by atoms with Gasteiger partial charge < -0.3 is 10.1 Å². The summed E-state index contributed by atoms with van der Waals surface area (Å²) < 4.78 is 5.50. The number of carbonyl (C=O) groups is 1. The lowest BCUT2D eigenvalue weighted by atomic mass is 10.1. The third kappa shape index (κ3) is 3.92. The van der Waals surface area contributed by atoms with Gasteiger partial charge in [0.2, 0.25) is 0 Å². The van der Waals surface area contributed by atoms with Gasteiger partial charge in [-0.05, 0) is 35.9 Å². The molecule has 0 aliphatic rings. The molecule has 0 saturated carbocycles. The average Bonchev–Trinajstić information content (AvgIpc) is 2.61. The molecule has 0 heterocycles. The predicted octanol–water partition coefficient (Wildman–Crippen LogP) is 4.07. The van der Waals surface area contributed by atoms with Crippen LogP contribution in [0.1, 0.15) is 5.56 Å². The number of nitrogens with one attached hydrogen (secondary N) is 1. The van der Waals surface area contributed by atoms with Gasteiger partial charge in [-0.25, -0.2) is 0 Å². The number of ether oxygens (including phenoxy) is 1. The van der Waals surface area contributed by atoms with Crippen molar-refractivity contribution in [2.75, 3.05) is 11.9 Å². The van der Waals surface area contributed by atoms with Crippen molar-refractivity contribution in [1.29, 1.82) is 0 Å². The van der Waals surface area contributed by atoms with E-state index >= 15 is 0 Å². The van der Waals surface area contributed by atoms with Crippen molar-refractivity contribution in [3.8, 4) is 5.75 Å². The molecule has 0 bridgehead atoms. The van der Waals surface area contributed by atoms with Gasteiger partial charge in [0.15, 0.2) is 6.61 Å². The Labute approximate surface area is 144 Å². The third-order valence-electron chi connectivity index (χ3n) is 3.78. The summed E-state index contributed by atoms with van der Waals surface area (Å²) in [6, 6.07) is 18.0. The molecule has 0 atom stereocenters. The smallest absolute Gasteiger partial charge is 0.274 e. The van der Waals surface area contributed by atoms with Crippen molar-refractivity contribution in [2.24, 2.45) is 0 Å². The van der Waals surface area contributed by atoms with Crippen molar-refractivity contribution in [3.63, 3.8) is 0 Å². The summed E-state index contributed by atoms with van der Waals surface area (Å²) in [4.78, 5) is 22.5. The maximum Gasteiger partial charge on any atom is 0.274 e. The molecule has 0 aliphatic heterocycles. The van der Waals surface area contributed by atoms with Crippen LogP contribution >= 0.6 is 0 Å². The molecule has 3 aromatic carbocycles. The molecule has 0 spiro atoms. The molecule has 0 unspecified atom stereocenters. The van der Waals surface area contributed by atoms with Crippen molar-refractivity contribution in [1.82, 2.24) is 0 Å². The van der Waals surface area contributed by atoms with Gasteiger partial charge in [-0.3, -0.25) is 14.9 Å². The van der Waals surface area contributed by atoms with Crippen LogP contribution in [0.2, 0.25) is 0 Å². The summed E-state index contributed by atoms with van der Waals surface area (Å²) in [5.74, 6) is 0.204. The molecule has 1 N–H and O–H groups in total. The van der Waals surface area contributed by atoms with E-state index in [2.05, 4.69) is 5.32 Å².